The summed E-state index contributed by atoms with van der Waals surface area (Å²) >= 11 is 4.98. The van der Waals surface area contributed by atoms with Crippen LogP contribution in [0.2, 0.25) is 0 Å². The van der Waals surface area contributed by atoms with E-state index in [-0.39, 0.29) is 0 Å². The Bertz CT molecular complexity index is 617. The van der Waals surface area contributed by atoms with Crippen LogP contribution in [0.4, 0.5) is 5.82 Å². The van der Waals surface area contributed by atoms with Gasteiger partial charge in [-0.15, -0.1) is 0 Å². The van der Waals surface area contributed by atoms with Gasteiger partial charge in [0.05, 0.1) is 16.8 Å². The Morgan fingerprint density at radius 1 is 1.53 bits per heavy atom. The second-order valence-corrected chi connectivity index (χ2v) is 5.52. The van der Waals surface area contributed by atoms with Gasteiger partial charge in [-0.25, -0.2) is 9.97 Å². The molecule has 0 aromatic carbocycles. The average Bonchev–Trinajstić information content (AvgIpc) is 3.15. The lowest BCUT2D eigenvalue weighted by Crippen LogP contribution is -2.30. The molecule has 0 bridgehead atoms. The molecule has 0 radical (unpaired) electrons. The summed E-state index contributed by atoms with van der Waals surface area (Å²) in [6.45, 7) is 0.822. The predicted molar refractivity (Wildman–Crippen MR) is 80.3 cm³/mol. The molecule has 1 aliphatic rings. The molecule has 2 heterocycles. The predicted octanol–water partition coefficient (Wildman–Crippen LogP) is 1.61. The maximum Gasteiger partial charge on any atom is 0.157 e. The van der Waals surface area contributed by atoms with Crippen LogP contribution in [0, 0.1) is 0 Å². The molecule has 3 rings (SSSR count). The molecule has 1 aliphatic carbocycles. The summed E-state index contributed by atoms with van der Waals surface area (Å²) in [5, 5.41) is 0. The van der Waals surface area contributed by atoms with E-state index in [2.05, 4.69) is 14.9 Å². The molecule has 0 atom stereocenters. The number of aromatic nitrogens is 3. The van der Waals surface area contributed by atoms with Crippen LogP contribution >= 0.6 is 12.2 Å². The van der Waals surface area contributed by atoms with Crippen LogP contribution in [0.15, 0.2) is 18.6 Å². The number of hydrogen-bond acceptors (Lipinski definition) is 4. The Morgan fingerprint density at radius 3 is 3.00 bits per heavy atom. The number of thiocarbonyl (C=S) groups is 1. The van der Waals surface area contributed by atoms with E-state index >= 15 is 0 Å². The lowest BCUT2D eigenvalue weighted by atomic mass is 10.3. The summed E-state index contributed by atoms with van der Waals surface area (Å²) in [6.07, 6.45) is 6.81. The van der Waals surface area contributed by atoms with E-state index in [0.29, 0.717) is 11.0 Å². The molecule has 19 heavy (non-hydrogen) atoms. The number of anilines is 1. The van der Waals surface area contributed by atoms with Crippen LogP contribution in [0.3, 0.4) is 0 Å². The first-order valence-electron chi connectivity index (χ1n) is 6.48. The van der Waals surface area contributed by atoms with Gasteiger partial charge in [0.1, 0.15) is 5.52 Å². The van der Waals surface area contributed by atoms with E-state index in [0.717, 1.165) is 29.8 Å². The van der Waals surface area contributed by atoms with Crippen LogP contribution < -0.4 is 10.6 Å². The normalized spacial score (nSPS) is 14.8. The first-order chi connectivity index (χ1) is 9.16. The van der Waals surface area contributed by atoms with Crippen LogP contribution in [0.5, 0.6) is 0 Å². The number of hydrogen-bond donors (Lipinski definition) is 1. The third-order valence-electron chi connectivity index (χ3n) is 3.48. The number of aryl methyl sites for hydroxylation is 1. The molecule has 100 valence electrons. The highest BCUT2D eigenvalue weighted by Gasteiger charge is 2.31. The van der Waals surface area contributed by atoms with Gasteiger partial charge < -0.3 is 15.2 Å². The van der Waals surface area contributed by atoms with E-state index in [1.54, 1.807) is 0 Å². The molecule has 0 saturated heterocycles. The Labute approximate surface area is 117 Å². The van der Waals surface area contributed by atoms with E-state index in [4.69, 9.17) is 18.0 Å². The molecular formula is C13H17N5S. The van der Waals surface area contributed by atoms with Crippen molar-refractivity contribution >= 4 is 34.1 Å². The summed E-state index contributed by atoms with van der Waals surface area (Å²) < 4.78 is 2.01. The highest BCUT2D eigenvalue weighted by Crippen LogP contribution is 2.33. The number of pyridine rings is 1. The van der Waals surface area contributed by atoms with Gasteiger partial charge in [0.2, 0.25) is 0 Å². The molecule has 1 saturated carbocycles. The van der Waals surface area contributed by atoms with Crippen molar-refractivity contribution < 1.29 is 0 Å². The smallest absolute Gasteiger partial charge is 0.157 e. The summed E-state index contributed by atoms with van der Waals surface area (Å²) in [4.78, 5) is 11.9. The fourth-order valence-electron chi connectivity index (χ4n) is 2.34. The van der Waals surface area contributed by atoms with Crippen molar-refractivity contribution in [3.8, 4) is 0 Å². The molecule has 0 spiro atoms. The van der Waals surface area contributed by atoms with Gasteiger partial charge in [-0.2, -0.15) is 0 Å². The first kappa shape index (κ1) is 12.3. The molecule has 0 unspecified atom stereocenters. The molecule has 2 N–H and O–H groups in total. The van der Waals surface area contributed by atoms with Crippen molar-refractivity contribution in [2.24, 2.45) is 12.8 Å². The van der Waals surface area contributed by atoms with Crippen molar-refractivity contribution in [2.75, 3.05) is 11.4 Å². The van der Waals surface area contributed by atoms with Crippen LogP contribution in [-0.2, 0) is 7.05 Å². The van der Waals surface area contributed by atoms with Crippen LogP contribution in [0.25, 0.3) is 11.0 Å². The minimum atomic E-state index is 0.554. The Hall–Kier alpha value is -1.69. The van der Waals surface area contributed by atoms with Crippen molar-refractivity contribution in [3.63, 3.8) is 0 Å². The third-order valence-corrected chi connectivity index (χ3v) is 3.69. The van der Waals surface area contributed by atoms with Crippen molar-refractivity contribution in [2.45, 2.75) is 25.3 Å². The Morgan fingerprint density at radius 2 is 2.32 bits per heavy atom. The largest absolute Gasteiger partial charge is 0.393 e. The maximum absolute atomic E-state index is 5.62. The molecule has 0 aliphatic heterocycles. The zero-order valence-electron chi connectivity index (χ0n) is 10.9. The highest BCUT2D eigenvalue weighted by atomic mass is 32.1. The van der Waals surface area contributed by atoms with Gasteiger partial charge >= 0.3 is 0 Å². The molecule has 6 heteroatoms. The highest BCUT2D eigenvalue weighted by molar-refractivity contribution is 7.80. The SMILES string of the molecule is Cn1cnc2c(N(CCC(N)=S)C3CC3)nccc21. The fourth-order valence-corrected chi connectivity index (χ4v) is 2.43. The Balaban J connectivity index is 1.97. The summed E-state index contributed by atoms with van der Waals surface area (Å²) in [5.41, 5.74) is 7.68. The monoisotopic (exact) mass is 275 g/mol. The molecule has 2 aromatic rings. The van der Waals surface area contributed by atoms with Crippen molar-refractivity contribution in [3.05, 3.63) is 18.6 Å². The zero-order chi connectivity index (χ0) is 13.4. The van der Waals surface area contributed by atoms with Crippen molar-refractivity contribution in [1.29, 1.82) is 0 Å². The number of fused-ring (bicyclic) bond motifs is 1. The van der Waals surface area contributed by atoms with E-state index in [9.17, 15) is 0 Å². The minimum Gasteiger partial charge on any atom is -0.393 e. The van der Waals surface area contributed by atoms with Gasteiger partial charge in [-0.1, -0.05) is 12.2 Å². The number of nitrogens with two attached hydrogens (primary N) is 1. The summed E-state index contributed by atoms with van der Waals surface area (Å²) in [7, 11) is 2.00. The molecule has 5 nitrogen and oxygen atoms in total. The van der Waals surface area contributed by atoms with Crippen molar-refractivity contribution in [1.82, 2.24) is 14.5 Å². The second-order valence-electron chi connectivity index (χ2n) is 5.00. The van der Waals surface area contributed by atoms with Gasteiger partial charge in [0.25, 0.3) is 0 Å². The standard InChI is InChI=1S/C13H17N5S/c1-17-8-16-12-10(17)4-6-15-13(12)18(9-2-3-9)7-5-11(14)19/h4,6,8-9H,2-3,5,7H2,1H3,(H2,14,19). The summed E-state index contributed by atoms with van der Waals surface area (Å²) in [5.74, 6) is 0.955. The third kappa shape index (κ3) is 2.40. The lowest BCUT2D eigenvalue weighted by molar-refractivity contribution is 0.789. The molecule has 1 fully saturated rings. The zero-order valence-corrected chi connectivity index (χ0v) is 11.7. The number of nitrogens with zero attached hydrogens (tertiary/aromatic N) is 4. The second kappa shape index (κ2) is 4.77. The topological polar surface area (TPSA) is 60.0 Å². The average molecular weight is 275 g/mol. The first-order valence-corrected chi connectivity index (χ1v) is 6.88. The van der Waals surface area contributed by atoms with Gasteiger partial charge in [-0.05, 0) is 18.9 Å². The quantitative estimate of drug-likeness (QED) is 0.840. The van der Waals surface area contributed by atoms with E-state index in [1.807, 2.05) is 30.2 Å². The van der Waals surface area contributed by atoms with Gasteiger partial charge in [0, 0.05) is 32.3 Å². The molecular weight excluding hydrogens is 258 g/mol. The van der Waals surface area contributed by atoms with Gasteiger partial charge in [-0.3, -0.25) is 0 Å². The Kier molecular flexibility index (Phi) is 3.10. The van der Waals surface area contributed by atoms with E-state index < -0.39 is 0 Å². The number of rotatable bonds is 5. The fraction of sp³-hybridized carbons (Fsp3) is 0.462. The summed E-state index contributed by atoms with van der Waals surface area (Å²) in [6, 6.07) is 2.55. The van der Waals surface area contributed by atoms with Gasteiger partial charge in [0.15, 0.2) is 5.82 Å². The lowest BCUT2D eigenvalue weighted by Gasteiger charge is -2.23. The number of imidazole rings is 1. The van der Waals surface area contributed by atoms with E-state index in [1.165, 1.54) is 12.8 Å². The van der Waals surface area contributed by atoms with Crippen LogP contribution in [-0.4, -0.2) is 32.1 Å². The minimum absolute atomic E-state index is 0.554. The van der Waals surface area contributed by atoms with Crippen LogP contribution in [0.1, 0.15) is 19.3 Å². The maximum atomic E-state index is 5.62. The molecule has 2 aromatic heterocycles. The molecule has 0 amide bonds.